The van der Waals surface area contributed by atoms with Crippen LogP contribution in [-0.4, -0.2) is 11.5 Å². The fraction of sp³-hybridized carbons (Fsp3) is 1.00. The fourth-order valence-electron chi connectivity index (χ4n) is 0.287. The smallest absolute Gasteiger partial charge is 0.133 e. The summed E-state index contributed by atoms with van der Waals surface area (Å²) in [6, 6.07) is 0. The summed E-state index contributed by atoms with van der Waals surface area (Å²) in [6.45, 7) is 2.38. The molecule has 0 saturated heterocycles. The summed E-state index contributed by atoms with van der Waals surface area (Å²) in [7, 11) is -2.36. The Labute approximate surface area is 66.2 Å². The van der Waals surface area contributed by atoms with Crippen molar-refractivity contribution in [2.24, 2.45) is 0 Å². The van der Waals surface area contributed by atoms with E-state index in [1.165, 1.54) is 0 Å². The van der Waals surface area contributed by atoms with Crippen LogP contribution in [0.2, 0.25) is 0 Å². The van der Waals surface area contributed by atoms with Gasteiger partial charge in [0.1, 0.15) is 6.61 Å². The van der Waals surface area contributed by atoms with E-state index in [1.807, 2.05) is 6.92 Å². The first-order chi connectivity index (χ1) is 3.77. The van der Waals surface area contributed by atoms with Crippen molar-refractivity contribution in [2.75, 3.05) is 6.61 Å². The Hall–Kier alpha value is 0.539. The first-order valence-electron chi connectivity index (χ1n) is 2.56. The van der Waals surface area contributed by atoms with Gasteiger partial charge in [0.2, 0.25) is 0 Å². The van der Waals surface area contributed by atoms with Gasteiger partial charge in [0, 0.05) is 21.6 Å². The summed E-state index contributed by atoms with van der Waals surface area (Å²) in [4.78, 5) is 8.07. The quantitative estimate of drug-likeness (QED) is 0.425. The number of rotatable bonds is 4. The average molecular weight is 201 g/mol. The van der Waals surface area contributed by atoms with Crippen molar-refractivity contribution in [1.29, 1.82) is 0 Å². The maximum Gasteiger partial charge on any atom is 0.694 e. The van der Waals surface area contributed by atoms with E-state index < -0.39 is 8.25 Å². The van der Waals surface area contributed by atoms with Gasteiger partial charge in [0.05, 0.1) is 0 Å². The van der Waals surface area contributed by atoms with Crippen molar-refractivity contribution < 1.29 is 31.1 Å². The molecule has 0 fully saturated rings. The summed E-state index contributed by atoms with van der Waals surface area (Å²) in [5, 5.41) is 0. The van der Waals surface area contributed by atoms with Crippen molar-refractivity contribution in [1.82, 2.24) is 0 Å². The van der Waals surface area contributed by atoms with Crippen LogP contribution < -0.4 is 0 Å². The van der Waals surface area contributed by atoms with Gasteiger partial charge in [-0.1, -0.05) is 13.3 Å². The van der Waals surface area contributed by atoms with E-state index in [1.54, 1.807) is 0 Å². The van der Waals surface area contributed by atoms with Crippen LogP contribution in [0.3, 0.4) is 0 Å². The Morgan fingerprint density at radius 2 is 2.22 bits per heavy atom. The third-order valence-corrected chi connectivity index (χ3v) is 1.10. The van der Waals surface area contributed by atoms with E-state index in [9.17, 15) is 4.57 Å². The Bertz CT molecular complexity index is 78.2. The van der Waals surface area contributed by atoms with Gasteiger partial charge in [0.15, 0.2) is 0 Å². The third-order valence-electron chi connectivity index (χ3n) is 0.700. The van der Waals surface area contributed by atoms with Gasteiger partial charge >= 0.3 is 8.25 Å². The van der Waals surface area contributed by atoms with Crippen LogP contribution in [-0.2, 0) is 26.2 Å². The van der Waals surface area contributed by atoms with Gasteiger partial charge in [0.25, 0.3) is 0 Å². The number of hydrogen-bond acceptors (Lipinski definition) is 2. The largest absolute Gasteiger partial charge is 0.694 e. The molecule has 0 spiro atoms. The molecule has 0 aromatic rings. The molecule has 0 aliphatic heterocycles. The molecule has 9 heavy (non-hydrogen) atoms. The second-order valence-electron chi connectivity index (χ2n) is 1.42. The molecule has 1 N–H and O–H groups in total. The molecule has 1 radical (unpaired) electrons. The number of hydrogen-bond donors (Lipinski definition) is 1. The molecule has 0 aliphatic carbocycles. The fourth-order valence-corrected chi connectivity index (χ4v) is 0.572. The molecule has 1 atom stereocenters. The second-order valence-corrected chi connectivity index (χ2v) is 2.16. The predicted octanol–water partition coefficient (Wildman–Crippen LogP) is 1.45. The molecule has 0 aromatic heterocycles. The topological polar surface area (TPSA) is 46.5 Å². The van der Waals surface area contributed by atoms with Crippen molar-refractivity contribution in [2.45, 2.75) is 19.8 Å². The molecule has 1 unspecified atom stereocenters. The molecule has 0 aromatic carbocycles. The van der Waals surface area contributed by atoms with Crippen LogP contribution in [0.1, 0.15) is 19.8 Å². The Balaban J connectivity index is 0. The SMILES string of the molecule is CCCCO[P+](=O)O.[Cu]. The third kappa shape index (κ3) is 11.9. The molecule has 0 bridgehead atoms. The average Bonchev–Trinajstić information content (AvgIpc) is 1.66. The molecule has 3 nitrogen and oxygen atoms in total. The zero-order chi connectivity index (χ0) is 6.41. The Morgan fingerprint density at radius 1 is 1.67 bits per heavy atom. The van der Waals surface area contributed by atoms with E-state index in [0.717, 1.165) is 12.8 Å². The van der Waals surface area contributed by atoms with Crippen molar-refractivity contribution in [3.63, 3.8) is 0 Å². The molecule has 5 heteroatoms. The molecule has 59 valence electrons. The Kier molecular flexibility index (Phi) is 11.6. The summed E-state index contributed by atoms with van der Waals surface area (Å²) in [5.41, 5.74) is 0. The Morgan fingerprint density at radius 3 is 2.56 bits per heavy atom. The number of unbranched alkanes of at least 4 members (excludes halogenated alkanes) is 1. The molecule has 0 aliphatic rings. The van der Waals surface area contributed by atoms with Crippen molar-refractivity contribution in [3.8, 4) is 0 Å². The van der Waals surface area contributed by atoms with E-state index >= 15 is 0 Å². The first kappa shape index (κ1) is 12.2. The predicted molar refractivity (Wildman–Crippen MR) is 30.7 cm³/mol. The van der Waals surface area contributed by atoms with Gasteiger partial charge in [-0.3, -0.25) is 0 Å². The van der Waals surface area contributed by atoms with E-state index in [2.05, 4.69) is 4.52 Å². The zero-order valence-corrected chi connectivity index (χ0v) is 6.97. The van der Waals surface area contributed by atoms with Crippen LogP contribution >= 0.6 is 8.25 Å². The molecule has 0 heterocycles. The van der Waals surface area contributed by atoms with Crippen LogP contribution in [0.5, 0.6) is 0 Å². The summed E-state index contributed by atoms with van der Waals surface area (Å²) in [5.74, 6) is 0. The van der Waals surface area contributed by atoms with Crippen molar-refractivity contribution in [3.05, 3.63) is 0 Å². The molecular weight excluding hydrogens is 191 g/mol. The molecule has 0 rings (SSSR count). The van der Waals surface area contributed by atoms with E-state index in [4.69, 9.17) is 4.89 Å². The second kappa shape index (κ2) is 8.54. The standard InChI is InChI=1S/C4H9O3P.Cu/c1-2-3-4-7-8(5)6;/h2-4H2,1H3;/p+1. The minimum Gasteiger partial charge on any atom is -0.133 e. The van der Waals surface area contributed by atoms with Gasteiger partial charge in [-0.25, -0.2) is 0 Å². The van der Waals surface area contributed by atoms with Crippen LogP contribution in [0.15, 0.2) is 0 Å². The summed E-state index contributed by atoms with van der Waals surface area (Å²) >= 11 is 0. The van der Waals surface area contributed by atoms with Crippen LogP contribution in [0.4, 0.5) is 0 Å². The zero-order valence-electron chi connectivity index (χ0n) is 5.13. The van der Waals surface area contributed by atoms with E-state index in [-0.39, 0.29) is 17.1 Å². The minimum absolute atomic E-state index is 0. The molecular formula is C4H10CuO3P+. The summed E-state index contributed by atoms with van der Waals surface area (Å²) < 4.78 is 14.1. The van der Waals surface area contributed by atoms with Gasteiger partial charge < -0.3 is 0 Å². The monoisotopic (exact) mass is 200 g/mol. The first-order valence-corrected chi connectivity index (χ1v) is 3.69. The van der Waals surface area contributed by atoms with Crippen LogP contribution in [0, 0.1) is 0 Å². The van der Waals surface area contributed by atoms with Gasteiger partial charge in [-0.05, 0) is 6.42 Å². The molecule has 0 saturated carbocycles. The maximum absolute atomic E-state index is 9.80. The maximum atomic E-state index is 9.80. The summed E-state index contributed by atoms with van der Waals surface area (Å²) in [6.07, 6.45) is 1.84. The van der Waals surface area contributed by atoms with Gasteiger partial charge in [-0.15, -0.1) is 9.42 Å². The van der Waals surface area contributed by atoms with Crippen LogP contribution in [0.25, 0.3) is 0 Å². The van der Waals surface area contributed by atoms with Crippen molar-refractivity contribution >= 4 is 8.25 Å². The minimum atomic E-state index is -2.36. The van der Waals surface area contributed by atoms with E-state index in [0.29, 0.717) is 6.61 Å². The normalized spacial score (nSPS) is 10.2. The molecule has 0 amide bonds. The van der Waals surface area contributed by atoms with Gasteiger partial charge in [-0.2, -0.15) is 0 Å².